The van der Waals surface area contributed by atoms with Crippen LogP contribution in [0.3, 0.4) is 0 Å². The molecule has 1 amide bonds. The van der Waals surface area contributed by atoms with Gasteiger partial charge in [0.25, 0.3) is 0 Å². The lowest BCUT2D eigenvalue weighted by Crippen LogP contribution is -2.15. The van der Waals surface area contributed by atoms with Crippen LogP contribution in [0.1, 0.15) is 23.5 Å². The summed E-state index contributed by atoms with van der Waals surface area (Å²) in [5, 5.41) is 8.88. The van der Waals surface area contributed by atoms with Crippen LogP contribution in [0, 0.1) is 12.8 Å². The lowest BCUT2D eigenvalue weighted by Gasteiger charge is -2.10. The molecule has 156 valence electrons. The van der Waals surface area contributed by atoms with Gasteiger partial charge in [0, 0.05) is 41.7 Å². The van der Waals surface area contributed by atoms with E-state index in [0.717, 1.165) is 39.6 Å². The van der Waals surface area contributed by atoms with Crippen LogP contribution in [0.5, 0.6) is 0 Å². The zero-order valence-corrected chi connectivity index (χ0v) is 19.7. The van der Waals surface area contributed by atoms with Gasteiger partial charge in [-0.25, -0.2) is 14.4 Å². The SMILES string of the molecule is Cc1ccncc1-c1cc2cc(NC(=O)[C@@H]3C[C@H]3c3cnn(PI)c3)ncc2c(N)n1. The molecule has 3 N–H and O–H groups in total. The van der Waals surface area contributed by atoms with Crippen molar-refractivity contribution in [3.63, 3.8) is 0 Å². The maximum absolute atomic E-state index is 12.7. The smallest absolute Gasteiger partial charge is 0.229 e. The fourth-order valence-electron chi connectivity index (χ4n) is 3.76. The molecule has 1 fully saturated rings. The number of hydrogen-bond donors (Lipinski definition) is 2. The van der Waals surface area contributed by atoms with Crippen LogP contribution in [0.2, 0.25) is 0 Å². The Hall–Kier alpha value is -2.65. The van der Waals surface area contributed by atoms with Gasteiger partial charge in [-0.1, -0.05) is 0 Å². The Morgan fingerprint density at radius 2 is 2.19 bits per heavy atom. The van der Waals surface area contributed by atoms with Gasteiger partial charge in [0.15, 0.2) is 0 Å². The normalized spacial score (nSPS) is 18.0. The Morgan fingerprint density at radius 1 is 1.32 bits per heavy atom. The predicted octanol–water partition coefficient (Wildman–Crippen LogP) is 4.31. The third-order valence-corrected chi connectivity index (χ3v) is 7.46. The molecule has 1 aliphatic carbocycles. The Morgan fingerprint density at radius 3 is 2.97 bits per heavy atom. The summed E-state index contributed by atoms with van der Waals surface area (Å²) in [4.78, 5) is 25.8. The van der Waals surface area contributed by atoms with Crippen LogP contribution in [0.4, 0.5) is 11.6 Å². The van der Waals surface area contributed by atoms with Gasteiger partial charge in [0.05, 0.1) is 18.3 Å². The highest BCUT2D eigenvalue weighted by Gasteiger charge is 2.44. The van der Waals surface area contributed by atoms with E-state index in [1.165, 1.54) is 0 Å². The summed E-state index contributed by atoms with van der Waals surface area (Å²) in [6, 6.07) is 5.73. The first-order valence-electron chi connectivity index (χ1n) is 9.73. The number of anilines is 2. The van der Waals surface area contributed by atoms with Crippen molar-refractivity contribution in [1.82, 2.24) is 24.5 Å². The van der Waals surface area contributed by atoms with Gasteiger partial charge < -0.3 is 11.1 Å². The second-order valence-corrected chi connectivity index (χ2v) is 9.69. The molecule has 10 heteroatoms. The van der Waals surface area contributed by atoms with Gasteiger partial charge in [-0.2, -0.15) is 5.10 Å². The number of rotatable bonds is 5. The molecule has 0 aliphatic heterocycles. The molecule has 1 saturated carbocycles. The first kappa shape index (κ1) is 20.3. The van der Waals surface area contributed by atoms with Gasteiger partial charge in [-0.3, -0.25) is 9.78 Å². The van der Waals surface area contributed by atoms with Crippen molar-refractivity contribution < 1.29 is 4.79 Å². The third kappa shape index (κ3) is 3.99. The maximum Gasteiger partial charge on any atom is 0.229 e. The molecule has 3 atom stereocenters. The summed E-state index contributed by atoms with van der Waals surface area (Å²) in [6.07, 6.45) is 10.5. The average Bonchev–Trinajstić information content (AvgIpc) is 3.43. The Kier molecular flexibility index (Phi) is 5.31. The predicted molar refractivity (Wildman–Crippen MR) is 131 cm³/mol. The molecule has 0 aromatic carbocycles. The monoisotopic (exact) mass is 543 g/mol. The molecule has 5 rings (SSSR count). The fourth-order valence-corrected chi connectivity index (χ4v) is 4.85. The minimum atomic E-state index is -0.0520. The molecule has 4 heterocycles. The highest BCUT2D eigenvalue weighted by molar-refractivity contribution is 14.2. The first-order chi connectivity index (χ1) is 15.0. The van der Waals surface area contributed by atoms with E-state index >= 15 is 0 Å². The number of nitrogens with zero attached hydrogens (tertiary/aromatic N) is 5. The Labute approximate surface area is 193 Å². The van der Waals surface area contributed by atoms with Crippen LogP contribution < -0.4 is 11.1 Å². The summed E-state index contributed by atoms with van der Waals surface area (Å²) < 4.78 is 1.90. The van der Waals surface area contributed by atoms with Crippen molar-refractivity contribution in [1.29, 1.82) is 0 Å². The second-order valence-electron chi connectivity index (χ2n) is 7.61. The van der Waals surface area contributed by atoms with Crippen LogP contribution in [-0.2, 0) is 4.79 Å². The molecule has 0 bridgehead atoms. The van der Waals surface area contributed by atoms with E-state index in [1.54, 1.807) is 18.6 Å². The lowest BCUT2D eigenvalue weighted by atomic mass is 10.1. The van der Waals surface area contributed by atoms with Gasteiger partial charge in [-0.15, -0.1) is 0 Å². The van der Waals surface area contributed by atoms with E-state index in [0.29, 0.717) is 18.0 Å². The number of pyridine rings is 3. The van der Waals surface area contributed by atoms with Crippen LogP contribution in [-0.4, -0.2) is 30.4 Å². The largest absolute Gasteiger partial charge is 0.383 e. The average molecular weight is 543 g/mol. The van der Waals surface area contributed by atoms with Crippen molar-refractivity contribution in [3.05, 3.63) is 60.3 Å². The summed E-state index contributed by atoms with van der Waals surface area (Å²) in [7, 11) is 0. The van der Waals surface area contributed by atoms with Crippen molar-refractivity contribution in [2.45, 2.75) is 19.3 Å². The first-order valence-corrected chi connectivity index (χ1v) is 13.8. The highest BCUT2D eigenvalue weighted by Crippen LogP contribution is 2.48. The van der Waals surface area contributed by atoms with Gasteiger partial charge >= 0.3 is 0 Å². The number of carbonyl (C=O) groups is 1. The minimum absolute atomic E-state index is 0.0214. The second kappa shape index (κ2) is 8.12. The summed E-state index contributed by atoms with van der Waals surface area (Å²) in [5.74, 6) is 1.06. The van der Waals surface area contributed by atoms with Crippen molar-refractivity contribution >= 4 is 56.7 Å². The molecule has 1 unspecified atom stereocenters. The number of fused-ring (bicyclic) bond motifs is 1. The highest BCUT2D eigenvalue weighted by atomic mass is 127. The molecule has 0 saturated heterocycles. The molecule has 0 spiro atoms. The minimum Gasteiger partial charge on any atom is -0.383 e. The van der Waals surface area contributed by atoms with E-state index in [-0.39, 0.29) is 17.7 Å². The number of nitrogens with one attached hydrogen (secondary N) is 1. The zero-order valence-electron chi connectivity index (χ0n) is 16.6. The van der Waals surface area contributed by atoms with Crippen LogP contribution >= 0.6 is 28.4 Å². The summed E-state index contributed by atoms with van der Waals surface area (Å²) in [5.41, 5.74) is 10.0. The van der Waals surface area contributed by atoms with Gasteiger partial charge in [0.1, 0.15) is 11.6 Å². The molecule has 31 heavy (non-hydrogen) atoms. The summed E-state index contributed by atoms with van der Waals surface area (Å²) in [6.45, 7) is 2.01. The Balaban J connectivity index is 1.38. The summed E-state index contributed by atoms with van der Waals surface area (Å²) >= 11 is 2.28. The number of amides is 1. The number of nitrogen functional groups attached to an aromatic ring is 1. The van der Waals surface area contributed by atoms with Crippen LogP contribution in [0.15, 0.2) is 49.2 Å². The van der Waals surface area contributed by atoms with E-state index < -0.39 is 0 Å². The number of nitrogens with two attached hydrogens (primary N) is 1. The third-order valence-electron chi connectivity index (χ3n) is 5.56. The van der Waals surface area contributed by atoms with Crippen molar-refractivity contribution in [2.24, 2.45) is 5.92 Å². The van der Waals surface area contributed by atoms with Crippen molar-refractivity contribution in [3.8, 4) is 11.3 Å². The van der Waals surface area contributed by atoms with E-state index in [9.17, 15) is 4.79 Å². The zero-order chi connectivity index (χ0) is 21.5. The number of hydrogen-bond acceptors (Lipinski definition) is 6. The Bertz CT molecular complexity index is 1310. The standard InChI is InChI=1S/C21H19IN7OP/c1-11-2-3-24-8-16(11)18-4-12-5-19(25-9-17(12)20(23)27-18)28-21(30)15-6-14(15)13-7-26-29(10-13)31-22/h2-5,7-10,14-15,31H,6H2,1H3,(H2,23,27)(H,25,28,30)/t14-,15+/m0/s1. The van der Waals surface area contributed by atoms with Gasteiger partial charge in [0.2, 0.25) is 5.91 Å². The van der Waals surface area contributed by atoms with Gasteiger partial charge in [-0.05, 0) is 76.0 Å². The number of aromatic nitrogens is 5. The number of aryl methyl sites for hydroxylation is 1. The lowest BCUT2D eigenvalue weighted by molar-refractivity contribution is -0.117. The quantitative estimate of drug-likeness (QED) is 0.287. The van der Waals surface area contributed by atoms with Crippen molar-refractivity contribution in [2.75, 3.05) is 11.1 Å². The molecule has 4 aromatic heterocycles. The number of halogens is 1. The van der Waals surface area contributed by atoms with E-state index in [1.807, 2.05) is 42.0 Å². The molecular weight excluding hydrogens is 524 g/mol. The molecule has 0 radical (unpaired) electrons. The fraction of sp³-hybridized carbons (Fsp3) is 0.190. The molecule has 8 nitrogen and oxygen atoms in total. The van der Waals surface area contributed by atoms with E-state index in [2.05, 4.69) is 47.4 Å². The number of carbonyl (C=O) groups excluding carboxylic acids is 1. The maximum atomic E-state index is 12.7. The van der Waals surface area contributed by atoms with E-state index in [4.69, 9.17) is 5.73 Å². The molecular formula is C21H19IN7OP. The molecule has 4 aromatic rings. The van der Waals surface area contributed by atoms with Crippen LogP contribution in [0.25, 0.3) is 22.0 Å². The topological polar surface area (TPSA) is 112 Å². The molecule has 1 aliphatic rings.